The topological polar surface area (TPSA) is 15.3 Å². The summed E-state index contributed by atoms with van der Waals surface area (Å²) in [4.78, 5) is 2.19. The van der Waals surface area contributed by atoms with Gasteiger partial charge in [0.2, 0.25) is 0 Å². The molecule has 2 nitrogen and oxygen atoms in total. The summed E-state index contributed by atoms with van der Waals surface area (Å²) in [5.41, 5.74) is 1.76. The number of nitrogens with zero attached hydrogens (tertiary/aromatic N) is 1. The number of anilines is 1. The van der Waals surface area contributed by atoms with Gasteiger partial charge in [0.15, 0.2) is 0 Å². The number of nitrogens with one attached hydrogen (secondary N) is 1. The first-order valence-electron chi connectivity index (χ1n) is 7.78. The largest absolute Gasteiger partial charge is 0.368 e. The molecule has 1 aromatic rings. The Morgan fingerprint density at radius 1 is 1.33 bits per heavy atom. The molecule has 1 saturated heterocycles. The van der Waals surface area contributed by atoms with Crippen molar-refractivity contribution in [2.45, 2.75) is 51.4 Å². The van der Waals surface area contributed by atoms with Crippen LogP contribution in [-0.2, 0) is 6.54 Å². The third-order valence-electron chi connectivity index (χ3n) is 3.91. The van der Waals surface area contributed by atoms with E-state index in [0.717, 1.165) is 43.1 Å². The Kier molecular flexibility index (Phi) is 5.55. The van der Waals surface area contributed by atoms with Gasteiger partial charge in [0, 0.05) is 36.2 Å². The van der Waals surface area contributed by atoms with E-state index in [1.165, 1.54) is 0 Å². The molecule has 1 fully saturated rings. The molecule has 0 spiro atoms. The number of benzene rings is 1. The Labute approximate surface area is 132 Å². The second-order valence-corrected chi connectivity index (χ2v) is 8.47. The Hall–Kier alpha value is -0.740. The molecule has 2 rings (SSSR count). The van der Waals surface area contributed by atoms with Crippen molar-refractivity contribution in [1.29, 1.82) is 0 Å². The van der Waals surface area contributed by atoms with E-state index in [0.29, 0.717) is 10.8 Å². The Morgan fingerprint density at radius 2 is 2.10 bits per heavy atom. The molecule has 1 aliphatic heterocycles. The number of hydrogen-bond acceptors (Lipinski definition) is 3. The second-order valence-electron chi connectivity index (χ2n) is 6.67. The summed E-state index contributed by atoms with van der Waals surface area (Å²) in [5.74, 6) is 0.964. The normalized spacial score (nSPS) is 18.9. The number of halogens is 1. The molecular formula is C17H27FN2S. The SMILES string of the molecule is CC(C)NCc1ccc(N2CCSC(C)(C)CC2)c(F)c1. The monoisotopic (exact) mass is 310 g/mol. The summed E-state index contributed by atoms with van der Waals surface area (Å²) in [5, 5.41) is 3.33. The second kappa shape index (κ2) is 7.01. The first kappa shape index (κ1) is 16.6. The van der Waals surface area contributed by atoms with Gasteiger partial charge in [0.25, 0.3) is 0 Å². The molecule has 1 heterocycles. The fourth-order valence-corrected chi connectivity index (χ4v) is 3.60. The van der Waals surface area contributed by atoms with Gasteiger partial charge in [-0.3, -0.25) is 0 Å². The van der Waals surface area contributed by atoms with E-state index in [-0.39, 0.29) is 5.82 Å². The average molecular weight is 310 g/mol. The highest BCUT2D eigenvalue weighted by molar-refractivity contribution is 8.00. The predicted molar refractivity (Wildman–Crippen MR) is 91.7 cm³/mol. The van der Waals surface area contributed by atoms with Crippen molar-refractivity contribution in [3.63, 3.8) is 0 Å². The number of hydrogen-bond donors (Lipinski definition) is 1. The Bertz CT molecular complexity index is 474. The molecule has 1 N–H and O–H groups in total. The minimum atomic E-state index is -0.0947. The maximum Gasteiger partial charge on any atom is 0.146 e. The van der Waals surface area contributed by atoms with Crippen LogP contribution in [-0.4, -0.2) is 29.6 Å². The standard InChI is InChI=1S/C17H27FN2S/c1-13(2)19-12-14-5-6-16(15(18)11-14)20-8-7-17(3,4)21-10-9-20/h5-6,11,13,19H,7-10,12H2,1-4H3. The van der Waals surface area contributed by atoms with Crippen LogP contribution < -0.4 is 10.2 Å². The third kappa shape index (κ3) is 4.89. The van der Waals surface area contributed by atoms with Crippen molar-refractivity contribution in [3.05, 3.63) is 29.6 Å². The molecule has 0 radical (unpaired) electrons. The minimum absolute atomic E-state index is 0.0947. The molecule has 1 aromatic carbocycles. The zero-order valence-corrected chi connectivity index (χ0v) is 14.4. The van der Waals surface area contributed by atoms with Crippen LogP contribution in [0.15, 0.2) is 18.2 Å². The molecule has 0 aromatic heterocycles. The highest BCUT2D eigenvalue weighted by atomic mass is 32.2. The predicted octanol–water partition coefficient (Wildman–Crippen LogP) is 4.05. The van der Waals surface area contributed by atoms with Crippen LogP contribution in [0.4, 0.5) is 10.1 Å². The van der Waals surface area contributed by atoms with Crippen LogP contribution in [0.25, 0.3) is 0 Å². The van der Waals surface area contributed by atoms with E-state index in [1.807, 2.05) is 23.9 Å². The first-order valence-corrected chi connectivity index (χ1v) is 8.77. The smallest absolute Gasteiger partial charge is 0.146 e. The molecule has 0 saturated carbocycles. The van der Waals surface area contributed by atoms with Crippen LogP contribution in [0.1, 0.15) is 39.7 Å². The van der Waals surface area contributed by atoms with Gasteiger partial charge in [-0.1, -0.05) is 33.8 Å². The molecular weight excluding hydrogens is 283 g/mol. The van der Waals surface area contributed by atoms with Crippen LogP contribution in [0, 0.1) is 5.82 Å². The first-order chi connectivity index (χ1) is 9.87. The molecule has 1 aliphatic rings. The van der Waals surface area contributed by atoms with E-state index in [4.69, 9.17) is 0 Å². The van der Waals surface area contributed by atoms with Crippen LogP contribution >= 0.6 is 11.8 Å². The van der Waals surface area contributed by atoms with E-state index in [1.54, 1.807) is 6.07 Å². The van der Waals surface area contributed by atoms with E-state index < -0.39 is 0 Å². The molecule has 0 unspecified atom stereocenters. The van der Waals surface area contributed by atoms with Gasteiger partial charge in [-0.2, -0.15) is 11.8 Å². The van der Waals surface area contributed by atoms with Crippen LogP contribution in [0.5, 0.6) is 0 Å². The van der Waals surface area contributed by atoms with Gasteiger partial charge in [0.05, 0.1) is 5.69 Å². The van der Waals surface area contributed by atoms with Crippen LogP contribution in [0.2, 0.25) is 0 Å². The minimum Gasteiger partial charge on any atom is -0.368 e. The lowest BCUT2D eigenvalue weighted by Crippen LogP contribution is -2.28. The molecule has 0 aliphatic carbocycles. The Morgan fingerprint density at radius 3 is 2.76 bits per heavy atom. The van der Waals surface area contributed by atoms with Gasteiger partial charge in [0.1, 0.15) is 5.82 Å². The lowest BCUT2D eigenvalue weighted by Gasteiger charge is -2.25. The summed E-state index contributed by atoms with van der Waals surface area (Å²) in [7, 11) is 0. The van der Waals surface area contributed by atoms with Crippen molar-refractivity contribution in [1.82, 2.24) is 5.32 Å². The Balaban J connectivity index is 2.06. The van der Waals surface area contributed by atoms with Crippen molar-refractivity contribution in [3.8, 4) is 0 Å². The maximum absolute atomic E-state index is 14.4. The van der Waals surface area contributed by atoms with Gasteiger partial charge >= 0.3 is 0 Å². The summed E-state index contributed by atoms with van der Waals surface area (Å²) in [6.45, 7) is 11.3. The zero-order chi connectivity index (χ0) is 15.5. The molecule has 0 atom stereocenters. The lowest BCUT2D eigenvalue weighted by atomic mass is 10.1. The molecule has 0 amide bonds. The maximum atomic E-state index is 14.4. The quantitative estimate of drug-likeness (QED) is 0.903. The molecule has 0 bridgehead atoms. The van der Waals surface area contributed by atoms with Gasteiger partial charge in [-0.05, 0) is 24.1 Å². The summed E-state index contributed by atoms with van der Waals surface area (Å²) in [6, 6.07) is 6.07. The average Bonchev–Trinajstić information content (AvgIpc) is 2.58. The summed E-state index contributed by atoms with van der Waals surface area (Å²) < 4.78 is 14.7. The van der Waals surface area contributed by atoms with E-state index in [9.17, 15) is 4.39 Å². The van der Waals surface area contributed by atoms with Gasteiger partial charge in [-0.15, -0.1) is 0 Å². The van der Waals surface area contributed by atoms with Crippen molar-refractivity contribution in [2.24, 2.45) is 0 Å². The van der Waals surface area contributed by atoms with Gasteiger partial charge in [-0.25, -0.2) is 4.39 Å². The third-order valence-corrected chi connectivity index (χ3v) is 5.28. The molecule has 21 heavy (non-hydrogen) atoms. The van der Waals surface area contributed by atoms with Crippen LogP contribution in [0.3, 0.4) is 0 Å². The molecule has 118 valence electrons. The number of thioether (sulfide) groups is 1. The highest BCUT2D eigenvalue weighted by Gasteiger charge is 2.24. The fourth-order valence-electron chi connectivity index (χ4n) is 2.50. The van der Waals surface area contributed by atoms with Crippen molar-refractivity contribution >= 4 is 17.4 Å². The summed E-state index contributed by atoms with van der Waals surface area (Å²) >= 11 is 1.99. The van der Waals surface area contributed by atoms with E-state index >= 15 is 0 Å². The lowest BCUT2D eigenvalue weighted by molar-refractivity contribution is 0.578. The fraction of sp³-hybridized carbons (Fsp3) is 0.647. The van der Waals surface area contributed by atoms with Crippen molar-refractivity contribution < 1.29 is 4.39 Å². The van der Waals surface area contributed by atoms with E-state index in [2.05, 4.69) is 37.9 Å². The molecule has 4 heteroatoms. The number of rotatable bonds is 4. The van der Waals surface area contributed by atoms with Gasteiger partial charge < -0.3 is 10.2 Å². The van der Waals surface area contributed by atoms with Crippen molar-refractivity contribution in [2.75, 3.05) is 23.7 Å². The zero-order valence-electron chi connectivity index (χ0n) is 13.6. The summed E-state index contributed by atoms with van der Waals surface area (Å²) in [6.07, 6.45) is 1.09. The highest BCUT2D eigenvalue weighted by Crippen LogP contribution is 2.33.